The molecule has 7 rings (SSSR count). The predicted octanol–water partition coefficient (Wildman–Crippen LogP) is 4.89. The molecule has 3 aromatic heterocycles. The Labute approximate surface area is 230 Å². The van der Waals surface area contributed by atoms with E-state index in [4.69, 9.17) is 11.6 Å². The molecule has 2 fully saturated rings. The van der Waals surface area contributed by atoms with Gasteiger partial charge in [0.2, 0.25) is 11.7 Å². The molecule has 0 spiro atoms. The van der Waals surface area contributed by atoms with Crippen molar-refractivity contribution in [2.75, 3.05) is 36.4 Å². The number of fused-ring (bicyclic) bond motifs is 3. The lowest BCUT2D eigenvalue weighted by Crippen LogP contribution is -2.43. The monoisotopic (exact) mass is 540 g/mol. The summed E-state index contributed by atoms with van der Waals surface area (Å²) < 4.78 is 3.27. The van der Waals surface area contributed by atoms with Crippen LogP contribution in [0.25, 0.3) is 22.5 Å². The number of rotatable bonds is 5. The molecule has 5 heterocycles. The Kier molecular flexibility index (Phi) is 6.17. The van der Waals surface area contributed by atoms with Crippen molar-refractivity contribution in [2.45, 2.75) is 31.7 Å². The number of benzene rings is 2. The van der Waals surface area contributed by atoms with Gasteiger partial charge in [-0.3, -0.25) is 9.20 Å². The van der Waals surface area contributed by atoms with E-state index in [9.17, 15) is 4.79 Å². The van der Waals surface area contributed by atoms with Gasteiger partial charge in [-0.25, -0.2) is 14.5 Å². The summed E-state index contributed by atoms with van der Waals surface area (Å²) in [6.07, 6.45) is 10.1. The Bertz CT molecular complexity index is 1700. The standard InChI is InChI=1S/C29H29ClN8O/c30-24-5-1-2-6-25(24)38-27(39)23-19-32-28(34-26(23)37-18-13-31-29(37)38)33-20-7-9-21(10-8-20)36-16-11-22(12-17-36)35-14-3-4-15-35/h1-2,5-10,13,18-19,22H,3-4,11-12,14-17H2,(H,32,33,34). The Balaban J connectivity index is 1.13. The van der Waals surface area contributed by atoms with Gasteiger partial charge in [0.25, 0.3) is 5.56 Å². The van der Waals surface area contributed by atoms with Crippen LogP contribution in [-0.4, -0.2) is 61.0 Å². The lowest BCUT2D eigenvalue weighted by atomic mass is 10.0. The number of anilines is 3. The van der Waals surface area contributed by atoms with E-state index < -0.39 is 0 Å². The number of halogens is 1. The summed E-state index contributed by atoms with van der Waals surface area (Å²) in [4.78, 5) is 32.2. The fourth-order valence-corrected chi connectivity index (χ4v) is 6.16. The molecule has 198 valence electrons. The third kappa shape index (κ3) is 4.41. The molecule has 9 nitrogen and oxygen atoms in total. The summed E-state index contributed by atoms with van der Waals surface area (Å²) >= 11 is 6.42. The van der Waals surface area contributed by atoms with E-state index in [1.165, 1.54) is 49.0 Å². The third-order valence-electron chi connectivity index (χ3n) is 7.96. The largest absolute Gasteiger partial charge is 0.371 e. The molecule has 2 aliphatic heterocycles. The van der Waals surface area contributed by atoms with Gasteiger partial charge in [-0.15, -0.1) is 0 Å². The van der Waals surface area contributed by atoms with Crippen LogP contribution in [0.4, 0.5) is 17.3 Å². The summed E-state index contributed by atoms with van der Waals surface area (Å²) in [5.74, 6) is 0.842. The van der Waals surface area contributed by atoms with Crippen LogP contribution in [0.2, 0.25) is 5.02 Å². The minimum Gasteiger partial charge on any atom is -0.371 e. The highest BCUT2D eigenvalue weighted by atomic mass is 35.5. The number of piperidine rings is 1. The van der Waals surface area contributed by atoms with Crippen LogP contribution in [0.15, 0.2) is 71.9 Å². The van der Waals surface area contributed by atoms with Crippen molar-refractivity contribution in [3.05, 3.63) is 82.5 Å². The predicted molar refractivity (Wildman–Crippen MR) is 155 cm³/mol. The van der Waals surface area contributed by atoms with Crippen molar-refractivity contribution in [3.63, 3.8) is 0 Å². The zero-order valence-corrected chi connectivity index (χ0v) is 22.3. The highest BCUT2D eigenvalue weighted by Gasteiger charge is 2.26. The molecule has 0 atom stereocenters. The Morgan fingerprint density at radius 1 is 0.923 bits per heavy atom. The molecule has 0 bridgehead atoms. The minimum absolute atomic E-state index is 0.277. The zero-order valence-electron chi connectivity index (χ0n) is 21.5. The van der Waals surface area contributed by atoms with E-state index in [0.717, 1.165) is 24.8 Å². The fourth-order valence-electron chi connectivity index (χ4n) is 5.94. The molecule has 1 N–H and O–H groups in total. The van der Waals surface area contributed by atoms with Gasteiger partial charge in [0.15, 0.2) is 5.65 Å². The second-order valence-corrected chi connectivity index (χ2v) is 10.7. The van der Waals surface area contributed by atoms with Crippen LogP contribution in [-0.2, 0) is 0 Å². The number of nitrogens with one attached hydrogen (secondary N) is 1. The van der Waals surface area contributed by atoms with E-state index >= 15 is 0 Å². The summed E-state index contributed by atoms with van der Waals surface area (Å²) in [6.45, 7) is 4.72. The van der Waals surface area contributed by atoms with Gasteiger partial charge in [0.05, 0.1) is 10.7 Å². The first-order chi connectivity index (χ1) is 19.2. The van der Waals surface area contributed by atoms with Crippen molar-refractivity contribution < 1.29 is 0 Å². The zero-order chi connectivity index (χ0) is 26.3. The smallest absolute Gasteiger partial charge is 0.270 e. The number of para-hydroxylation sites is 1. The maximum atomic E-state index is 13.5. The molecule has 0 aliphatic carbocycles. The van der Waals surface area contributed by atoms with Crippen LogP contribution in [0.5, 0.6) is 0 Å². The summed E-state index contributed by atoms with van der Waals surface area (Å²) in [5, 5.41) is 4.13. The van der Waals surface area contributed by atoms with Crippen LogP contribution >= 0.6 is 11.6 Å². The number of nitrogens with zero attached hydrogens (tertiary/aromatic N) is 7. The second kappa shape index (κ2) is 9.98. The summed E-state index contributed by atoms with van der Waals surface area (Å²) in [5.41, 5.74) is 2.88. The molecular formula is C29H29ClN8O. The third-order valence-corrected chi connectivity index (χ3v) is 8.27. The molecule has 2 aliphatic rings. The number of hydrogen-bond acceptors (Lipinski definition) is 7. The van der Waals surface area contributed by atoms with E-state index in [1.54, 1.807) is 35.1 Å². The maximum absolute atomic E-state index is 13.5. The van der Waals surface area contributed by atoms with Gasteiger partial charge in [-0.2, -0.15) is 4.98 Å². The van der Waals surface area contributed by atoms with E-state index in [2.05, 4.69) is 54.3 Å². The van der Waals surface area contributed by atoms with E-state index in [-0.39, 0.29) is 5.56 Å². The molecule has 0 saturated carbocycles. The number of likely N-dealkylation sites (tertiary alicyclic amines) is 1. The average Bonchev–Trinajstić information content (AvgIpc) is 3.68. The van der Waals surface area contributed by atoms with Gasteiger partial charge in [0, 0.05) is 49.1 Å². The number of hydrogen-bond donors (Lipinski definition) is 1. The number of aromatic nitrogens is 5. The lowest BCUT2D eigenvalue weighted by molar-refractivity contribution is 0.208. The molecule has 39 heavy (non-hydrogen) atoms. The Morgan fingerprint density at radius 3 is 2.46 bits per heavy atom. The lowest BCUT2D eigenvalue weighted by Gasteiger charge is -2.37. The van der Waals surface area contributed by atoms with Crippen molar-refractivity contribution in [1.29, 1.82) is 0 Å². The summed E-state index contributed by atoms with van der Waals surface area (Å²) in [6, 6.07) is 16.3. The molecule has 2 saturated heterocycles. The normalized spacial score (nSPS) is 16.9. The fraction of sp³-hybridized carbons (Fsp3) is 0.310. The van der Waals surface area contributed by atoms with Crippen LogP contribution in [0, 0.1) is 0 Å². The maximum Gasteiger partial charge on any atom is 0.270 e. The Hall–Kier alpha value is -3.95. The van der Waals surface area contributed by atoms with Gasteiger partial charge in [0.1, 0.15) is 5.39 Å². The van der Waals surface area contributed by atoms with Crippen molar-refractivity contribution in [2.24, 2.45) is 0 Å². The first-order valence-electron chi connectivity index (χ1n) is 13.5. The van der Waals surface area contributed by atoms with E-state index in [0.29, 0.717) is 33.5 Å². The first kappa shape index (κ1) is 24.1. The van der Waals surface area contributed by atoms with Crippen molar-refractivity contribution >= 4 is 45.7 Å². The minimum atomic E-state index is -0.277. The SMILES string of the molecule is O=c1c2cnc(Nc3ccc(N4CCC(N5CCCC5)CC4)cc3)nc2n2ccnc2n1-c1ccccc1Cl. The highest BCUT2D eigenvalue weighted by molar-refractivity contribution is 6.32. The van der Waals surface area contributed by atoms with Crippen molar-refractivity contribution in [1.82, 2.24) is 28.8 Å². The second-order valence-electron chi connectivity index (χ2n) is 10.3. The molecule has 10 heteroatoms. The van der Waals surface area contributed by atoms with Crippen LogP contribution < -0.4 is 15.8 Å². The van der Waals surface area contributed by atoms with Gasteiger partial charge in [-0.05, 0) is 75.2 Å². The highest BCUT2D eigenvalue weighted by Crippen LogP contribution is 2.27. The summed E-state index contributed by atoms with van der Waals surface area (Å²) in [7, 11) is 0. The number of imidazole rings is 1. The molecular weight excluding hydrogens is 512 g/mol. The van der Waals surface area contributed by atoms with Crippen LogP contribution in [0.3, 0.4) is 0 Å². The molecule has 0 radical (unpaired) electrons. The topological polar surface area (TPSA) is 83.6 Å². The first-order valence-corrected chi connectivity index (χ1v) is 13.9. The molecule has 2 aromatic carbocycles. The van der Waals surface area contributed by atoms with Crippen molar-refractivity contribution in [3.8, 4) is 5.69 Å². The quantitative estimate of drug-likeness (QED) is 0.340. The van der Waals surface area contributed by atoms with Gasteiger partial charge in [-0.1, -0.05) is 23.7 Å². The molecule has 5 aromatic rings. The van der Waals surface area contributed by atoms with E-state index in [1.807, 2.05) is 12.1 Å². The molecule has 0 unspecified atom stereocenters. The Morgan fingerprint density at radius 2 is 1.69 bits per heavy atom. The molecule has 0 amide bonds. The van der Waals surface area contributed by atoms with Gasteiger partial charge < -0.3 is 15.1 Å². The van der Waals surface area contributed by atoms with Gasteiger partial charge >= 0.3 is 0 Å². The van der Waals surface area contributed by atoms with Crippen LogP contribution in [0.1, 0.15) is 25.7 Å². The average molecular weight is 541 g/mol.